The molecule has 9 heavy (non-hydrogen) atoms. The van der Waals surface area contributed by atoms with Crippen molar-refractivity contribution in [3.8, 4) is 0 Å². The molecule has 0 saturated heterocycles. The van der Waals surface area contributed by atoms with Crippen molar-refractivity contribution in [2.45, 2.75) is 20.8 Å². The SMILES string of the molecule is CC.CCOCCNC.[HH]. The first kappa shape index (κ1) is 11.7. The van der Waals surface area contributed by atoms with Gasteiger partial charge in [-0.25, -0.2) is 0 Å². The van der Waals surface area contributed by atoms with E-state index in [1.807, 2.05) is 27.8 Å². The third-order valence-electron chi connectivity index (χ3n) is 0.701. The van der Waals surface area contributed by atoms with Gasteiger partial charge in [0.15, 0.2) is 0 Å². The molecular weight excluding hydrogens is 114 g/mol. The van der Waals surface area contributed by atoms with Crippen LogP contribution in [0.2, 0.25) is 0 Å². The lowest BCUT2D eigenvalue weighted by atomic mass is 10.7. The Morgan fingerprint density at radius 1 is 1.44 bits per heavy atom. The van der Waals surface area contributed by atoms with E-state index in [0.29, 0.717) is 0 Å². The van der Waals surface area contributed by atoms with E-state index in [1.165, 1.54) is 0 Å². The van der Waals surface area contributed by atoms with Crippen LogP contribution < -0.4 is 5.32 Å². The molecule has 0 aliphatic carbocycles. The standard InChI is InChI=1S/C5H13NO.C2H6.H2/c1-3-7-5-4-6-2;1-2;/h6H,3-5H2,1-2H3;1-2H3;1H. The molecule has 0 heterocycles. The summed E-state index contributed by atoms with van der Waals surface area (Å²) in [6, 6.07) is 0. The van der Waals surface area contributed by atoms with Gasteiger partial charge in [0.1, 0.15) is 0 Å². The highest BCUT2D eigenvalue weighted by atomic mass is 16.5. The van der Waals surface area contributed by atoms with Crippen LogP contribution in [0.3, 0.4) is 0 Å². The zero-order chi connectivity index (χ0) is 7.54. The van der Waals surface area contributed by atoms with Crippen LogP contribution in [0.1, 0.15) is 22.2 Å². The minimum atomic E-state index is 0. The van der Waals surface area contributed by atoms with Crippen molar-refractivity contribution < 1.29 is 6.16 Å². The minimum Gasteiger partial charge on any atom is -0.380 e. The lowest BCUT2D eigenvalue weighted by Crippen LogP contribution is -2.13. The van der Waals surface area contributed by atoms with Crippen molar-refractivity contribution in [3.05, 3.63) is 0 Å². The quantitative estimate of drug-likeness (QED) is 0.590. The molecule has 0 saturated carbocycles. The predicted octanol–water partition coefficient (Wildman–Crippen LogP) is 1.51. The first-order valence-corrected chi connectivity index (χ1v) is 3.64. The predicted molar refractivity (Wildman–Crippen MR) is 43.9 cm³/mol. The van der Waals surface area contributed by atoms with Crippen LogP contribution in [0.25, 0.3) is 0 Å². The summed E-state index contributed by atoms with van der Waals surface area (Å²) in [6.07, 6.45) is 0. The van der Waals surface area contributed by atoms with E-state index in [9.17, 15) is 0 Å². The van der Waals surface area contributed by atoms with Gasteiger partial charge in [0.05, 0.1) is 6.61 Å². The zero-order valence-corrected chi connectivity index (χ0v) is 7.03. The summed E-state index contributed by atoms with van der Waals surface area (Å²) >= 11 is 0. The highest BCUT2D eigenvalue weighted by molar-refractivity contribution is 4.32. The third-order valence-corrected chi connectivity index (χ3v) is 0.701. The van der Waals surface area contributed by atoms with Gasteiger partial charge in [0, 0.05) is 14.6 Å². The number of likely N-dealkylation sites (N-methyl/N-ethyl adjacent to an activating group) is 1. The van der Waals surface area contributed by atoms with Crippen molar-refractivity contribution in [1.82, 2.24) is 5.32 Å². The molecule has 2 nitrogen and oxygen atoms in total. The number of rotatable bonds is 4. The maximum atomic E-state index is 5.01. The largest absolute Gasteiger partial charge is 0.380 e. The summed E-state index contributed by atoms with van der Waals surface area (Å²) in [6.45, 7) is 8.60. The Bertz CT molecular complexity index is 32.8. The molecule has 0 fully saturated rings. The fraction of sp³-hybridized carbons (Fsp3) is 1.00. The molecule has 0 aromatic rings. The second kappa shape index (κ2) is 15.7. The Morgan fingerprint density at radius 3 is 2.33 bits per heavy atom. The highest BCUT2D eigenvalue weighted by Gasteiger charge is 1.76. The van der Waals surface area contributed by atoms with Crippen LogP contribution in [-0.4, -0.2) is 26.8 Å². The summed E-state index contributed by atoms with van der Waals surface area (Å²) < 4.78 is 5.01. The van der Waals surface area contributed by atoms with Crippen LogP contribution in [0.15, 0.2) is 0 Å². The van der Waals surface area contributed by atoms with Crippen LogP contribution in [-0.2, 0) is 4.74 Å². The summed E-state index contributed by atoms with van der Waals surface area (Å²) in [5, 5.41) is 2.98. The normalized spacial score (nSPS) is 8.00. The lowest BCUT2D eigenvalue weighted by molar-refractivity contribution is 0.151. The van der Waals surface area contributed by atoms with Crippen molar-refractivity contribution in [3.63, 3.8) is 0 Å². The molecule has 0 unspecified atom stereocenters. The van der Waals surface area contributed by atoms with Crippen molar-refractivity contribution in [2.75, 3.05) is 26.8 Å². The maximum absolute atomic E-state index is 5.01. The molecule has 0 spiro atoms. The van der Waals surface area contributed by atoms with Gasteiger partial charge in [-0.3, -0.25) is 0 Å². The average Bonchev–Trinajstić information content (AvgIpc) is 1.94. The molecule has 0 radical (unpaired) electrons. The Labute approximate surface area is 60.1 Å². The van der Waals surface area contributed by atoms with Gasteiger partial charge in [-0.15, -0.1) is 0 Å². The fourth-order valence-corrected chi connectivity index (χ4v) is 0.319. The maximum Gasteiger partial charge on any atom is 0.0590 e. The van der Waals surface area contributed by atoms with Gasteiger partial charge in [-0.2, -0.15) is 0 Å². The van der Waals surface area contributed by atoms with E-state index in [1.54, 1.807) is 0 Å². The van der Waals surface area contributed by atoms with Crippen molar-refractivity contribution in [2.24, 2.45) is 0 Å². The second-order valence-electron chi connectivity index (χ2n) is 1.30. The first-order valence-electron chi connectivity index (χ1n) is 3.64. The molecule has 0 aliphatic heterocycles. The number of hydrogen-bond acceptors (Lipinski definition) is 2. The molecule has 0 rings (SSSR count). The molecule has 0 amide bonds. The van der Waals surface area contributed by atoms with Crippen LogP contribution in [0, 0.1) is 0 Å². The van der Waals surface area contributed by atoms with Crippen LogP contribution in [0.4, 0.5) is 0 Å². The van der Waals surface area contributed by atoms with Gasteiger partial charge >= 0.3 is 0 Å². The average molecular weight is 135 g/mol. The van der Waals surface area contributed by atoms with Gasteiger partial charge in [-0.1, -0.05) is 13.8 Å². The van der Waals surface area contributed by atoms with E-state index < -0.39 is 0 Å². The Hall–Kier alpha value is -0.0800. The Morgan fingerprint density at radius 2 is 2.00 bits per heavy atom. The molecule has 0 aromatic heterocycles. The summed E-state index contributed by atoms with van der Waals surface area (Å²) in [5.74, 6) is 0. The number of nitrogens with one attached hydrogen (secondary N) is 1. The van der Waals surface area contributed by atoms with Crippen LogP contribution >= 0.6 is 0 Å². The van der Waals surface area contributed by atoms with E-state index in [2.05, 4.69) is 5.32 Å². The molecule has 60 valence electrons. The van der Waals surface area contributed by atoms with E-state index in [-0.39, 0.29) is 1.43 Å². The van der Waals surface area contributed by atoms with E-state index in [0.717, 1.165) is 19.8 Å². The van der Waals surface area contributed by atoms with Gasteiger partial charge < -0.3 is 10.1 Å². The minimum absolute atomic E-state index is 0. The smallest absolute Gasteiger partial charge is 0.0590 e. The zero-order valence-electron chi connectivity index (χ0n) is 7.03. The summed E-state index contributed by atoms with van der Waals surface area (Å²) in [4.78, 5) is 0. The van der Waals surface area contributed by atoms with E-state index in [4.69, 9.17) is 4.74 Å². The van der Waals surface area contributed by atoms with Gasteiger partial charge in [-0.05, 0) is 14.0 Å². The topological polar surface area (TPSA) is 21.3 Å². The van der Waals surface area contributed by atoms with E-state index >= 15 is 0 Å². The number of ether oxygens (including phenoxy) is 1. The molecule has 0 atom stereocenters. The summed E-state index contributed by atoms with van der Waals surface area (Å²) in [7, 11) is 1.92. The first-order chi connectivity index (χ1) is 4.41. The molecular formula is C7H21NO. The Kier molecular flexibility index (Phi) is 20.3. The molecule has 0 aliphatic rings. The number of hydrogen-bond donors (Lipinski definition) is 1. The monoisotopic (exact) mass is 135 g/mol. The lowest BCUT2D eigenvalue weighted by Gasteiger charge is -1.96. The van der Waals surface area contributed by atoms with Crippen LogP contribution in [0.5, 0.6) is 0 Å². The highest BCUT2D eigenvalue weighted by Crippen LogP contribution is 1.67. The summed E-state index contributed by atoms with van der Waals surface area (Å²) in [5.41, 5.74) is 0. The fourth-order valence-electron chi connectivity index (χ4n) is 0.319. The van der Waals surface area contributed by atoms with Crippen molar-refractivity contribution >= 4 is 0 Å². The molecule has 2 heteroatoms. The third kappa shape index (κ3) is 18.1. The molecule has 0 bridgehead atoms. The molecule has 0 aromatic carbocycles. The van der Waals surface area contributed by atoms with Gasteiger partial charge in [0.2, 0.25) is 0 Å². The van der Waals surface area contributed by atoms with Crippen molar-refractivity contribution in [1.29, 1.82) is 0 Å². The molecule has 1 N–H and O–H groups in total. The second-order valence-corrected chi connectivity index (χ2v) is 1.30. The van der Waals surface area contributed by atoms with Gasteiger partial charge in [0.25, 0.3) is 0 Å². The Balaban J connectivity index is -0.000000149.